The second kappa shape index (κ2) is 4.75. The van der Waals surface area contributed by atoms with E-state index < -0.39 is 18.8 Å². The monoisotopic (exact) mass is 209 g/mol. The summed E-state index contributed by atoms with van der Waals surface area (Å²) in [6.45, 7) is -0.581. The van der Waals surface area contributed by atoms with Crippen LogP contribution in [0.1, 0.15) is 17.2 Å². The third-order valence-corrected chi connectivity index (χ3v) is 2.04. The van der Waals surface area contributed by atoms with Crippen molar-refractivity contribution in [2.75, 3.05) is 6.61 Å². The smallest absolute Gasteiger partial charge is 0.133 e. The van der Waals surface area contributed by atoms with Gasteiger partial charge in [0.25, 0.3) is 0 Å². The molecule has 0 aliphatic carbocycles. The molecule has 5 heteroatoms. The number of nitriles is 1. The minimum atomic E-state index is -1.31. The normalized spacial score (nSPS) is 14.3. The van der Waals surface area contributed by atoms with E-state index >= 15 is 0 Å². The van der Waals surface area contributed by atoms with Crippen LogP contribution < -0.4 is 0 Å². The zero-order valence-corrected chi connectivity index (χ0v) is 7.83. The lowest BCUT2D eigenvalue weighted by Gasteiger charge is -2.16. The zero-order chi connectivity index (χ0) is 11.4. The number of hydrogen-bond acceptors (Lipinski definition) is 5. The van der Waals surface area contributed by atoms with E-state index in [0.717, 1.165) is 0 Å². The minimum absolute atomic E-state index is 0.0874. The van der Waals surface area contributed by atoms with Crippen LogP contribution in [0.5, 0.6) is 5.75 Å². The van der Waals surface area contributed by atoms with Crippen LogP contribution in [-0.4, -0.2) is 33.1 Å². The summed E-state index contributed by atoms with van der Waals surface area (Å²) in [5, 5.41) is 45.1. The highest BCUT2D eigenvalue weighted by molar-refractivity contribution is 5.44. The van der Waals surface area contributed by atoms with E-state index in [9.17, 15) is 10.2 Å². The first-order valence-corrected chi connectivity index (χ1v) is 4.30. The van der Waals surface area contributed by atoms with Crippen LogP contribution >= 0.6 is 0 Å². The highest BCUT2D eigenvalue weighted by atomic mass is 16.4. The molecule has 15 heavy (non-hydrogen) atoms. The van der Waals surface area contributed by atoms with E-state index in [1.165, 1.54) is 18.2 Å². The first kappa shape index (κ1) is 11.5. The van der Waals surface area contributed by atoms with E-state index in [1.807, 2.05) is 0 Å². The number of phenols is 1. The maximum absolute atomic E-state index is 9.47. The molecule has 0 saturated heterocycles. The molecule has 0 heterocycles. The van der Waals surface area contributed by atoms with Crippen LogP contribution in [0.3, 0.4) is 0 Å². The van der Waals surface area contributed by atoms with Crippen molar-refractivity contribution in [1.82, 2.24) is 0 Å². The summed E-state index contributed by atoms with van der Waals surface area (Å²) in [6.07, 6.45) is -2.59. The molecular formula is C10H11NO4. The van der Waals surface area contributed by atoms with Gasteiger partial charge in [0.15, 0.2) is 0 Å². The van der Waals surface area contributed by atoms with Crippen LogP contribution in [0.15, 0.2) is 18.2 Å². The summed E-state index contributed by atoms with van der Waals surface area (Å²) in [7, 11) is 0. The first-order chi connectivity index (χ1) is 7.10. The van der Waals surface area contributed by atoms with Crippen LogP contribution in [0.4, 0.5) is 0 Å². The van der Waals surface area contributed by atoms with Gasteiger partial charge in [0.1, 0.15) is 24.0 Å². The molecule has 0 amide bonds. The number of rotatable bonds is 3. The third-order valence-electron chi connectivity index (χ3n) is 2.04. The van der Waals surface area contributed by atoms with Gasteiger partial charge < -0.3 is 20.4 Å². The molecule has 2 atom stereocenters. The molecule has 1 rings (SSSR count). The fraction of sp³-hybridized carbons (Fsp3) is 0.300. The fourth-order valence-electron chi connectivity index (χ4n) is 1.15. The van der Waals surface area contributed by atoms with Crippen molar-refractivity contribution in [3.05, 3.63) is 29.3 Å². The number of hydrogen-bond donors (Lipinski definition) is 4. The number of aliphatic hydroxyl groups excluding tert-OH is 3. The summed E-state index contributed by atoms with van der Waals surface area (Å²) in [5.41, 5.74) is 0.331. The van der Waals surface area contributed by atoms with Crippen LogP contribution in [-0.2, 0) is 0 Å². The fourth-order valence-corrected chi connectivity index (χ4v) is 1.15. The molecular weight excluding hydrogens is 198 g/mol. The van der Waals surface area contributed by atoms with Crippen LogP contribution in [0.2, 0.25) is 0 Å². The van der Waals surface area contributed by atoms with Gasteiger partial charge in [0, 0.05) is 0 Å². The van der Waals surface area contributed by atoms with Crippen molar-refractivity contribution < 1.29 is 20.4 Å². The Morgan fingerprint density at radius 3 is 2.47 bits per heavy atom. The van der Waals surface area contributed by atoms with Crippen LogP contribution in [0, 0.1) is 11.3 Å². The van der Waals surface area contributed by atoms with Gasteiger partial charge in [-0.1, -0.05) is 6.07 Å². The molecule has 2 unspecified atom stereocenters. The Labute approximate surface area is 86.5 Å². The van der Waals surface area contributed by atoms with Gasteiger partial charge in [0.2, 0.25) is 0 Å². The van der Waals surface area contributed by atoms with Gasteiger partial charge >= 0.3 is 0 Å². The number of nitrogens with zero attached hydrogens (tertiary/aromatic N) is 1. The molecule has 0 aliphatic rings. The predicted molar refractivity (Wildman–Crippen MR) is 50.9 cm³/mol. The summed E-state index contributed by atoms with van der Waals surface area (Å²) < 4.78 is 0. The highest BCUT2D eigenvalue weighted by Crippen LogP contribution is 2.23. The van der Waals surface area contributed by atoms with Crippen molar-refractivity contribution >= 4 is 0 Å². The average molecular weight is 209 g/mol. The Kier molecular flexibility index (Phi) is 3.63. The quantitative estimate of drug-likeness (QED) is 0.544. The number of phenolic OH excluding ortho intramolecular Hbond substituents is 1. The molecule has 0 aliphatic heterocycles. The average Bonchev–Trinajstić information content (AvgIpc) is 2.26. The summed E-state index contributed by atoms with van der Waals surface area (Å²) in [6, 6.07) is 5.68. The topological polar surface area (TPSA) is 105 Å². The molecule has 4 N–H and O–H groups in total. The van der Waals surface area contributed by atoms with Crippen molar-refractivity contribution in [3.8, 4) is 11.8 Å². The lowest BCUT2D eigenvalue weighted by molar-refractivity contribution is -0.0153. The Morgan fingerprint density at radius 1 is 1.33 bits per heavy atom. The Hall–Kier alpha value is -1.61. The maximum Gasteiger partial charge on any atom is 0.133 e. The molecule has 0 aromatic heterocycles. The second-order valence-corrected chi connectivity index (χ2v) is 3.08. The predicted octanol–water partition coefficient (Wildman–Crippen LogP) is -0.350. The van der Waals surface area contributed by atoms with Gasteiger partial charge in [-0.2, -0.15) is 5.26 Å². The largest absolute Gasteiger partial charge is 0.507 e. The molecule has 1 aromatic carbocycles. The van der Waals surface area contributed by atoms with E-state index in [-0.39, 0.29) is 16.9 Å². The van der Waals surface area contributed by atoms with Gasteiger partial charge in [-0.15, -0.1) is 0 Å². The lowest BCUT2D eigenvalue weighted by atomic mass is 10.0. The lowest BCUT2D eigenvalue weighted by Crippen LogP contribution is -2.21. The SMILES string of the molecule is N#Cc1ccc(C(O)C(O)CO)cc1O. The number of aliphatic hydroxyl groups is 3. The van der Waals surface area contributed by atoms with Crippen molar-refractivity contribution in [2.24, 2.45) is 0 Å². The molecule has 0 fully saturated rings. The summed E-state index contributed by atoms with van der Waals surface area (Å²) >= 11 is 0. The second-order valence-electron chi connectivity index (χ2n) is 3.08. The molecule has 0 bridgehead atoms. The minimum Gasteiger partial charge on any atom is -0.507 e. The molecule has 5 nitrogen and oxygen atoms in total. The zero-order valence-electron chi connectivity index (χ0n) is 7.83. The molecule has 0 saturated carbocycles. The first-order valence-electron chi connectivity index (χ1n) is 4.30. The molecule has 0 spiro atoms. The molecule has 0 radical (unpaired) electrons. The van der Waals surface area contributed by atoms with E-state index in [2.05, 4.69) is 0 Å². The Morgan fingerprint density at radius 2 is 2.00 bits per heavy atom. The van der Waals surface area contributed by atoms with Crippen molar-refractivity contribution in [3.63, 3.8) is 0 Å². The van der Waals surface area contributed by atoms with Gasteiger partial charge in [-0.3, -0.25) is 0 Å². The molecule has 80 valence electrons. The molecule has 1 aromatic rings. The van der Waals surface area contributed by atoms with Gasteiger partial charge in [-0.05, 0) is 17.7 Å². The summed E-state index contributed by atoms with van der Waals surface area (Å²) in [4.78, 5) is 0. The van der Waals surface area contributed by atoms with E-state index in [0.29, 0.717) is 0 Å². The number of benzene rings is 1. The van der Waals surface area contributed by atoms with Crippen molar-refractivity contribution in [1.29, 1.82) is 5.26 Å². The maximum atomic E-state index is 9.47. The standard InChI is InChI=1S/C10H11NO4/c11-4-7-2-1-6(3-8(7)13)10(15)9(14)5-12/h1-3,9-10,12-15H,5H2. The van der Waals surface area contributed by atoms with E-state index in [4.69, 9.17) is 15.5 Å². The highest BCUT2D eigenvalue weighted by Gasteiger charge is 2.18. The van der Waals surface area contributed by atoms with E-state index in [1.54, 1.807) is 6.07 Å². The third kappa shape index (κ3) is 2.44. The van der Waals surface area contributed by atoms with Crippen molar-refractivity contribution in [2.45, 2.75) is 12.2 Å². The van der Waals surface area contributed by atoms with Crippen LogP contribution in [0.25, 0.3) is 0 Å². The Bertz CT molecular complexity index is 385. The Balaban J connectivity index is 2.98. The van der Waals surface area contributed by atoms with Gasteiger partial charge in [0.05, 0.1) is 12.2 Å². The van der Waals surface area contributed by atoms with Gasteiger partial charge in [-0.25, -0.2) is 0 Å². The number of aromatic hydroxyl groups is 1. The summed E-state index contributed by atoms with van der Waals surface area (Å²) in [5.74, 6) is -0.265.